The zero-order chi connectivity index (χ0) is 60.6. The Morgan fingerprint density at radius 1 is 0.407 bits per heavy atom. The fourth-order valence-corrected chi connectivity index (χ4v) is 22.5. The van der Waals surface area contributed by atoms with Gasteiger partial charge in [-0.2, -0.15) is 0 Å². The molecule has 2 unspecified atom stereocenters. The van der Waals surface area contributed by atoms with Crippen molar-refractivity contribution in [1.29, 1.82) is 0 Å². The third kappa shape index (κ3) is 15.1. The fraction of sp³-hybridized carbons (Fsp3) is 0.825. The Hall–Kier alpha value is -3.02. The Balaban J connectivity index is 0.539. The molecule has 0 radical (unpaired) electrons. The summed E-state index contributed by atoms with van der Waals surface area (Å²) in [6, 6.07) is 16.8. The first-order valence-electron chi connectivity index (χ1n) is 37.2. The van der Waals surface area contributed by atoms with Gasteiger partial charge in [-0.25, -0.2) is 0 Å². The zero-order valence-electron chi connectivity index (χ0n) is 56.8. The van der Waals surface area contributed by atoms with E-state index < -0.39 is 0 Å². The van der Waals surface area contributed by atoms with Gasteiger partial charge in [-0.15, -0.1) is 0 Å². The second kappa shape index (κ2) is 29.5. The van der Waals surface area contributed by atoms with Crippen molar-refractivity contribution in [3.8, 4) is 22.6 Å². The van der Waals surface area contributed by atoms with Gasteiger partial charge >= 0.3 is 11.9 Å². The van der Waals surface area contributed by atoms with E-state index in [0.29, 0.717) is 59.6 Å². The Morgan fingerprint density at radius 2 is 0.779 bits per heavy atom. The van der Waals surface area contributed by atoms with E-state index in [1.807, 2.05) is 0 Å². The minimum atomic E-state index is 0.00654. The highest BCUT2D eigenvalue weighted by Gasteiger charge is 2.62. The van der Waals surface area contributed by atoms with Crippen molar-refractivity contribution in [2.24, 2.45) is 105 Å². The van der Waals surface area contributed by atoms with Crippen LogP contribution in [0.3, 0.4) is 0 Å². The quantitative estimate of drug-likeness (QED) is 0.0597. The third-order valence-corrected chi connectivity index (χ3v) is 27.4. The number of fused-ring (bicyclic) bond motifs is 10. The summed E-state index contributed by atoms with van der Waals surface area (Å²) >= 11 is 0. The monoisotopic (exact) mass is 1180 g/mol. The van der Waals surface area contributed by atoms with Crippen LogP contribution in [-0.4, -0.2) is 37.4 Å². The van der Waals surface area contributed by atoms with Crippen molar-refractivity contribution in [2.75, 3.05) is 13.2 Å². The Morgan fingerprint density at radius 3 is 1.20 bits per heavy atom. The zero-order valence-corrected chi connectivity index (χ0v) is 56.8. The van der Waals surface area contributed by atoms with E-state index in [9.17, 15) is 9.59 Å². The van der Waals surface area contributed by atoms with Crippen molar-refractivity contribution in [3.05, 3.63) is 48.5 Å². The number of carbonyl (C=O) groups excluding carboxylic acids is 2. The third-order valence-electron chi connectivity index (χ3n) is 27.4. The number of esters is 2. The van der Waals surface area contributed by atoms with Crippen LogP contribution < -0.4 is 9.47 Å². The predicted molar refractivity (Wildman–Crippen MR) is 355 cm³/mol. The highest BCUT2D eigenvalue weighted by molar-refractivity contribution is 5.70. The van der Waals surface area contributed by atoms with E-state index >= 15 is 0 Å². The van der Waals surface area contributed by atoms with Crippen LogP contribution in [0.1, 0.15) is 288 Å². The van der Waals surface area contributed by atoms with Crippen molar-refractivity contribution in [1.82, 2.24) is 0 Å². The Kier molecular flexibility index (Phi) is 22.6. The second-order valence-electron chi connectivity index (χ2n) is 33.2. The molecule has 482 valence electrons. The summed E-state index contributed by atoms with van der Waals surface area (Å²) in [6.45, 7) is 26.8. The molecule has 0 heterocycles. The molecule has 10 rings (SSSR count). The first-order valence-corrected chi connectivity index (χ1v) is 37.2. The summed E-state index contributed by atoms with van der Waals surface area (Å²) in [4.78, 5) is 26.2. The van der Waals surface area contributed by atoms with Crippen molar-refractivity contribution < 1.29 is 28.5 Å². The molecule has 6 heteroatoms. The Bertz CT molecular complexity index is 2430. The molecule has 2 aromatic carbocycles. The second-order valence-corrected chi connectivity index (χ2v) is 33.2. The molecule has 8 aliphatic carbocycles. The highest BCUT2D eigenvalue weighted by Crippen LogP contribution is 2.70. The molecule has 18 atom stereocenters. The van der Waals surface area contributed by atoms with Gasteiger partial charge in [-0.1, -0.05) is 151 Å². The minimum Gasteiger partial charge on any atom is -0.494 e. The summed E-state index contributed by atoms with van der Waals surface area (Å²) in [5, 5.41) is 0. The average molecular weight is 1180 g/mol. The van der Waals surface area contributed by atoms with Crippen LogP contribution >= 0.6 is 0 Å². The first kappa shape index (κ1) is 65.9. The van der Waals surface area contributed by atoms with E-state index in [-0.39, 0.29) is 24.1 Å². The molecule has 8 fully saturated rings. The van der Waals surface area contributed by atoms with Gasteiger partial charge in [0, 0.05) is 12.8 Å². The molecule has 0 N–H and O–H groups in total. The van der Waals surface area contributed by atoms with E-state index in [2.05, 4.69) is 118 Å². The number of carbonyl (C=O) groups is 2. The molecule has 2 aromatic rings. The standard InChI is InChI=1S/C80H126O6/c1-55(2)21-19-23-57(5)69-39-41-71-67-37-31-61-53-65(43-47-77(61,7)73(67)45-49-79(69,71)9)85-75(81)25-15-12-11-13-17-51-83-63-33-27-59(28-34-63)60-29-35-64(36-30-60)84-52-18-14-16-26-76(82)86-66-44-48-78(8)62(54-66)32-38-68-72-42-40-70(58(6)24-20-22-56(3)4)80(72,10)50-46-74(68)78/h27-30,33-36,55-58,61-62,65-74H,11-26,31-32,37-54H2,1-10H3/t57-,58-,61?,62?,65+,66+,67+,68+,69-,70-,71+,72+,73+,74+,77+,78+,79-,80-/m1/s1. The molecule has 86 heavy (non-hydrogen) atoms. The molecule has 8 aliphatic rings. The van der Waals surface area contributed by atoms with E-state index in [1.54, 1.807) is 0 Å². The van der Waals surface area contributed by atoms with Gasteiger partial charge in [0.2, 0.25) is 0 Å². The van der Waals surface area contributed by atoms with Gasteiger partial charge in [0.1, 0.15) is 23.7 Å². The Labute approximate surface area is 526 Å². The lowest BCUT2D eigenvalue weighted by Gasteiger charge is -2.61. The number of benzene rings is 2. The van der Waals surface area contributed by atoms with Crippen LogP contribution in [0.25, 0.3) is 11.1 Å². The summed E-state index contributed by atoms with van der Waals surface area (Å²) in [7, 11) is 0. The van der Waals surface area contributed by atoms with Gasteiger partial charge in [-0.05, 0) is 288 Å². The van der Waals surface area contributed by atoms with Gasteiger partial charge < -0.3 is 18.9 Å². The summed E-state index contributed by atoms with van der Waals surface area (Å²) in [6.07, 6.45) is 41.6. The maximum absolute atomic E-state index is 13.1. The lowest BCUT2D eigenvalue weighted by atomic mass is 9.44. The van der Waals surface area contributed by atoms with Crippen LogP contribution in [0.5, 0.6) is 11.5 Å². The summed E-state index contributed by atoms with van der Waals surface area (Å²) in [5.74, 6) is 13.9. The number of hydrogen-bond donors (Lipinski definition) is 0. The predicted octanol–water partition coefficient (Wildman–Crippen LogP) is 22.1. The lowest BCUT2D eigenvalue weighted by molar-refractivity contribution is -0.163. The highest BCUT2D eigenvalue weighted by atomic mass is 16.5. The van der Waals surface area contributed by atoms with Crippen LogP contribution in [0.2, 0.25) is 0 Å². The van der Waals surface area contributed by atoms with Crippen LogP contribution in [0.15, 0.2) is 48.5 Å². The van der Waals surface area contributed by atoms with E-state index in [1.165, 1.54) is 128 Å². The van der Waals surface area contributed by atoms with Crippen molar-refractivity contribution >= 4 is 11.9 Å². The number of unbranched alkanes of at least 4 members (excludes halogenated alkanes) is 6. The first-order chi connectivity index (χ1) is 41.4. The average Bonchev–Trinajstić information content (AvgIpc) is 4.01. The summed E-state index contributed by atoms with van der Waals surface area (Å²) in [5.41, 5.74) is 4.26. The van der Waals surface area contributed by atoms with Crippen molar-refractivity contribution in [2.45, 2.75) is 300 Å². The molecule has 0 spiro atoms. The minimum absolute atomic E-state index is 0.00654. The van der Waals surface area contributed by atoms with Gasteiger partial charge in [0.15, 0.2) is 0 Å². The normalized spacial score (nSPS) is 36.2. The van der Waals surface area contributed by atoms with E-state index in [4.69, 9.17) is 18.9 Å². The maximum atomic E-state index is 13.1. The van der Waals surface area contributed by atoms with Crippen LogP contribution in [0.4, 0.5) is 0 Å². The van der Waals surface area contributed by atoms with Gasteiger partial charge in [-0.3, -0.25) is 9.59 Å². The molecule has 8 saturated carbocycles. The van der Waals surface area contributed by atoms with E-state index in [0.717, 1.165) is 171 Å². The largest absolute Gasteiger partial charge is 0.494 e. The molecule has 0 aromatic heterocycles. The van der Waals surface area contributed by atoms with Crippen molar-refractivity contribution in [3.63, 3.8) is 0 Å². The molecule has 0 aliphatic heterocycles. The lowest BCUT2D eigenvalue weighted by Crippen LogP contribution is -2.54. The molecule has 6 nitrogen and oxygen atoms in total. The number of hydrogen-bond acceptors (Lipinski definition) is 6. The molecule has 0 amide bonds. The molecular formula is C80H126O6. The fourth-order valence-electron chi connectivity index (χ4n) is 22.5. The van der Waals surface area contributed by atoms with Gasteiger partial charge in [0.25, 0.3) is 0 Å². The number of ether oxygens (including phenoxy) is 4. The summed E-state index contributed by atoms with van der Waals surface area (Å²) < 4.78 is 24.7. The topological polar surface area (TPSA) is 71.1 Å². The molecular weight excluding hydrogens is 1060 g/mol. The molecule has 0 saturated heterocycles. The SMILES string of the molecule is CC(C)CCC[C@@H](C)[C@H]1CC[C@H]2[C@@H]3CCC4C[C@@H](OC(=O)CCCCCCCOc5ccc(-c6ccc(OCCCCCC(=O)O[C@H]7CC[C@@]8(C)C(CC[C@H]9[C@@H]%10CC[C@H]([C@H](C)CCCC(C)C)[C@@]%10(C)CC[C@@H]98)C7)cc6)cc5)CC[C@]4(C)[C@H]3CC[C@]12C. The maximum Gasteiger partial charge on any atom is 0.306 e. The number of rotatable bonds is 29. The smallest absolute Gasteiger partial charge is 0.306 e. The van der Waals surface area contributed by atoms with Crippen LogP contribution in [0, 0.1) is 105 Å². The molecule has 0 bridgehead atoms. The van der Waals surface area contributed by atoms with Crippen LogP contribution in [-0.2, 0) is 19.1 Å². The van der Waals surface area contributed by atoms with Gasteiger partial charge in [0.05, 0.1) is 13.2 Å².